The zero-order valence-electron chi connectivity index (χ0n) is 14.5. The van der Waals surface area contributed by atoms with Gasteiger partial charge in [-0.25, -0.2) is 8.93 Å². The van der Waals surface area contributed by atoms with Crippen LogP contribution in [0.3, 0.4) is 0 Å². The zero-order valence-corrected chi connectivity index (χ0v) is 15.4. The third kappa shape index (κ3) is 4.27. The van der Waals surface area contributed by atoms with Gasteiger partial charge in [-0.1, -0.05) is 50.2 Å². The average Bonchev–Trinajstić information content (AvgIpc) is 2.53. The number of nitrogens with one attached hydrogen (secondary N) is 1. The summed E-state index contributed by atoms with van der Waals surface area (Å²) < 4.78 is 15.7. The molecule has 0 aliphatic carbocycles. The first kappa shape index (κ1) is 17.8. The van der Waals surface area contributed by atoms with Crippen molar-refractivity contribution in [2.45, 2.75) is 50.8 Å². The number of pyridine rings is 1. The molecule has 2 aromatic rings. The molecule has 1 unspecified atom stereocenters. The van der Waals surface area contributed by atoms with Crippen LogP contribution in [0.1, 0.15) is 51.9 Å². The van der Waals surface area contributed by atoms with E-state index in [-0.39, 0.29) is 16.2 Å². The number of aromatic nitrogens is 1. The Morgan fingerprint density at radius 1 is 0.957 bits per heavy atom. The minimum absolute atomic E-state index is 0.0985. The normalized spacial score (nSPS) is 15.2. The van der Waals surface area contributed by atoms with Crippen molar-refractivity contribution in [2.75, 3.05) is 0 Å². The molecule has 1 aromatic carbocycles. The molecule has 0 saturated carbocycles. The summed E-state index contributed by atoms with van der Waals surface area (Å²) in [5.41, 5.74) is 1.79. The summed E-state index contributed by atoms with van der Waals surface area (Å²) in [5.74, 6) is 0. The van der Waals surface area contributed by atoms with Gasteiger partial charge in [-0.15, -0.1) is 0 Å². The molecular formula is C19H26N2OS. The maximum absolute atomic E-state index is 12.7. The molecule has 0 aliphatic heterocycles. The van der Waals surface area contributed by atoms with E-state index in [1.165, 1.54) is 0 Å². The van der Waals surface area contributed by atoms with Crippen molar-refractivity contribution in [3.05, 3.63) is 66.0 Å². The van der Waals surface area contributed by atoms with Crippen LogP contribution in [0.4, 0.5) is 0 Å². The number of nitrogens with zero attached hydrogens (tertiary/aromatic N) is 1. The second kappa shape index (κ2) is 6.93. The molecule has 23 heavy (non-hydrogen) atoms. The lowest BCUT2D eigenvalue weighted by atomic mass is 9.78. The lowest BCUT2D eigenvalue weighted by Crippen LogP contribution is -2.43. The van der Waals surface area contributed by atoms with Crippen LogP contribution in [0.25, 0.3) is 0 Å². The summed E-state index contributed by atoms with van der Waals surface area (Å²) in [7, 11) is -1.17. The number of benzene rings is 1. The van der Waals surface area contributed by atoms with Crippen LogP contribution in [0.2, 0.25) is 0 Å². The Kier molecular flexibility index (Phi) is 5.37. The Bertz CT molecular complexity index is 648. The van der Waals surface area contributed by atoms with Gasteiger partial charge in [0.1, 0.15) is 0 Å². The molecule has 0 fully saturated rings. The van der Waals surface area contributed by atoms with E-state index in [9.17, 15) is 4.21 Å². The molecular weight excluding hydrogens is 304 g/mol. The van der Waals surface area contributed by atoms with E-state index in [1.807, 2.05) is 57.2 Å². The van der Waals surface area contributed by atoms with Gasteiger partial charge in [0.05, 0.1) is 21.8 Å². The molecule has 3 nitrogen and oxygen atoms in total. The quantitative estimate of drug-likeness (QED) is 0.895. The van der Waals surface area contributed by atoms with Crippen LogP contribution in [0.5, 0.6) is 0 Å². The van der Waals surface area contributed by atoms with Crippen LogP contribution in [0, 0.1) is 0 Å². The van der Waals surface area contributed by atoms with Crippen molar-refractivity contribution in [3.63, 3.8) is 0 Å². The van der Waals surface area contributed by atoms with Crippen LogP contribution < -0.4 is 4.72 Å². The lowest BCUT2D eigenvalue weighted by Gasteiger charge is -2.36. The highest BCUT2D eigenvalue weighted by Gasteiger charge is 2.36. The van der Waals surface area contributed by atoms with Crippen molar-refractivity contribution < 1.29 is 4.21 Å². The first-order chi connectivity index (χ1) is 10.7. The zero-order chi connectivity index (χ0) is 17.1. The predicted octanol–water partition coefficient (Wildman–Crippen LogP) is 4.15. The molecule has 0 saturated heterocycles. The lowest BCUT2D eigenvalue weighted by molar-refractivity contribution is 0.383. The van der Waals surface area contributed by atoms with Gasteiger partial charge in [-0.3, -0.25) is 4.98 Å². The van der Waals surface area contributed by atoms with E-state index in [4.69, 9.17) is 0 Å². The summed E-state index contributed by atoms with van der Waals surface area (Å²) in [6.07, 6.45) is 1.81. The number of rotatable bonds is 5. The molecule has 0 amide bonds. The number of hydrogen-bond acceptors (Lipinski definition) is 2. The van der Waals surface area contributed by atoms with Crippen molar-refractivity contribution in [2.24, 2.45) is 0 Å². The molecule has 1 aromatic heterocycles. The van der Waals surface area contributed by atoms with Gasteiger partial charge in [0, 0.05) is 17.3 Å². The molecule has 4 heteroatoms. The molecule has 0 spiro atoms. The van der Waals surface area contributed by atoms with Gasteiger partial charge in [0.2, 0.25) is 0 Å². The Morgan fingerprint density at radius 2 is 1.57 bits per heavy atom. The van der Waals surface area contributed by atoms with E-state index in [0.29, 0.717) is 0 Å². The summed E-state index contributed by atoms with van der Waals surface area (Å²) in [4.78, 5) is 4.53. The van der Waals surface area contributed by atoms with Crippen molar-refractivity contribution in [1.82, 2.24) is 9.71 Å². The highest BCUT2D eigenvalue weighted by Crippen LogP contribution is 2.36. The molecule has 0 aliphatic rings. The second-order valence-electron chi connectivity index (χ2n) is 7.28. The summed E-state index contributed by atoms with van der Waals surface area (Å²) in [5, 5.41) is 0. The van der Waals surface area contributed by atoms with E-state index in [0.717, 1.165) is 11.3 Å². The van der Waals surface area contributed by atoms with E-state index < -0.39 is 11.0 Å². The Labute approximate surface area is 142 Å². The van der Waals surface area contributed by atoms with Gasteiger partial charge in [0.15, 0.2) is 0 Å². The van der Waals surface area contributed by atoms with Crippen LogP contribution in [-0.4, -0.2) is 13.9 Å². The minimum Gasteiger partial charge on any atom is -0.261 e. The Balaban J connectivity index is 2.44. The third-order valence-corrected chi connectivity index (χ3v) is 5.52. The first-order valence-electron chi connectivity index (χ1n) is 7.87. The summed E-state index contributed by atoms with van der Waals surface area (Å²) in [6, 6.07) is 16.0. The largest absolute Gasteiger partial charge is 0.261 e. The average molecular weight is 330 g/mol. The molecule has 1 N–H and O–H groups in total. The van der Waals surface area contributed by atoms with E-state index in [1.54, 1.807) is 6.20 Å². The van der Waals surface area contributed by atoms with E-state index >= 15 is 0 Å². The molecule has 2 rings (SSSR count). The highest BCUT2D eigenvalue weighted by atomic mass is 32.2. The number of hydrogen-bond donors (Lipinski definition) is 1. The fourth-order valence-electron chi connectivity index (χ4n) is 2.45. The van der Waals surface area contributed by atoms with Crippen LogP contribution in [0.15, 0.2) is 54.7 Å². The maximum Gasteiger partial charge on any atom is 0.0976 e. The van der Waals surface area contributed by atoms with E-state index in [2.05, 4.69) is 35.7 Å². The van der Waals surface area contributed by atoms with Gasteiger partial charge in [-0.2, -0.15) is 0 Å². The third-order valence-electron chi connectivity index (χ3n) is 3.96. The van der Waals surface area contributed by atoms with Crippen molar-refractivity contribution >= 4 is 11.0 Å². The maximum atomic E-state index is 12.7. The summed E-state index contributed by atoms with van der Waals surface area (Å²) >= 11 is 0. The van der Waals surface area contributed by atoms with Gasteiger partial charge >= 0.3 is 0 Å². The minimum atomic E-state index is -1.17. The van der Waals surface area contributed by atoms with Gasteiger partial charge < -0.3 is 0 Å². The molecule has 0 bridgehead atoms. The van der Waals surface area contributed by atoms with Gasteiger partial charge in [-0.05, 0) is 38.5 Å². The highest BCUT2D eigenvalue weighted by molar-refractivity contribution is 7.84. The SMILES string of the molecule is CC(C)(c1ccccn1)[C@@H](NS(=O)C(C)(C)C)c1ccccc1. The Morgan fingerprint density at radius 3 is 2.09 bits per heavy atom. The van der Waals surface area contributed by atoms with Gasteiger partial charge in [0.25, 0.3) is 0 Å². The fraction of sp³-hybridized carbons (Fsp3) is 0.421. The monoisotopic (exact) mass is 330 g/mol. The molecule has 0 radical (unpaired) electrons. The van der Waals surface area contributed by atoms with Crippen molar-refractivity contribution in [3.8, 4) is 0 Å². The van der Waals surface area contributed by atoms with Crippen molar-refractivity contribution in [1.29, 1.82) is 0 Å². The molecule has 2 atom stereocenters. The van der Waals surface area contributed by atoms with Crippen LogP contribution in [-0.2, 0) is 16.4 Å². The summed E-state index contributed by atoms with van der Waals surface area (Å²) in [6.45, 7) is 10.2. The molecule has 1 heterocycles. The predicted molar refractivity (Wildman–Crippen MR) is 97.5 cm³/mol. The topological polar surface area (TPSA) is 42.0 Å². The van der Waals surface area contributed by atoms with Crippen LogP contribution >= 0.6 is 0 Å². The second-order valence-corrected chi connectivity index (χ2v) is 9.28. The fourth-order valence-corrected chi connectivity index (χ4v) is 3.45. The Hall–Kier alpha value is -1.52. The standard InChI is InChI=1S/C19H26N2OS/c1-18(2,3)23(22)21-17(15-11-7-6-8-12-15)19(4,5)16-13-9-10-14-20-16/h6-14,17,21H,1-5H3/t17-,23?/m0/s1. The molecule has 124 valence electrons. The first-order valence-corrected chi connectivity index (χ1v) is 9.02. The smallest absolute Gasteiger partial charge is 0.0976 e.